The number of nitrogens with one attached hydrogen (secondary N) is 1. The summed E-state index contributed by atoms with van der Waals surface area (Å²) in [6, 6.07) is 18.1. The van der Waals surface area contributed by atoms with Gasteiger partial charge in [-0.25, -0.2) is 9.59 Å². The van der Waals surface area contributed by atoms with Crippen molar-refractivity contribution in [1.82, 2.24) is 14.7 Å². The van der Waals surface area contributed by atoms with Crippen LogP contribution in [0.2, 0.25) is 0 Å². The number of amides is 2. The molecule has 2 saturated heterocycles. The van der Waals surface area contributed by atoms with Crippen LogP contribution in [0.3, 0.4) is 0 Å². The van der Waals surface area contributed by atoms with Crippen molar-refractivity contribution in [3.05, 3.63) is 54.6 Å². The van der Waals surface area contributed by atoms with Crippen molar-refractivity contribution < 1.29 is 23.8 Å². The largest absolute Gasteiger partial charge is 0.444 e. The highest BCUT2D eigenvalue weighted by Crippen LogP contribution is 2.30. The van der Waals surface area contributed by atoms with Crippen LogP contribution in [0.5, 0.6) is 0 Å². The highest BCUT2D eigenvalue weighted by atomic mass is 16.6. The van der Waals surface area contributed by atoms with Crippen molar-refractivity contribution >= 4 is 17.9 Å². The van der Waals surface area contributed by atoms with Crippen LogP contribution in [-0.4, -0.2) is 104 Å². The van der Waals surface area contributed by atoms with Gasteiger partial charge in [0.25, 0.3) is 0 Å². The molecule has 0 saturated carbocycles. The lowest BCUT2D eigenvalue weighted by Crippen LogP contribution is -2.46. The number of unbranched alkanes of at least 4 members (excludes halogenated alkanes) is 2. The molecule has 2 aromatic carbocycles. The van der Waals surface area contributed by atoms with Crippen molar-refractivity contribution in [2.24, 2.45) is 0 Å². The average Bonchev–Trinajstić information content (AvgIpc) is 3.49. The summed E-state index contributed by atoms with van der Waals surface area (Å²) in [5, 5.41) is 2.98. The van der Waals surface area contributed by atoms with E-state index in [4.69, 9.17) is 14.2 Å². The summed E-state index contributed by atoms with van der Waals surface area (Å²) in [4.78, 5) is 31.9. The van der Waals surface area contributed by atoms with Crippen LogP contribution in [0, 0.1) is 0 Å². The zero-order chi connectivity index (χ0) is 33.0. The summed E-state index contributed by atoms with van der Waals surface area (Å²) in [6.07, 6.45) is 6.34. The first-order valence-electron chi connectivity index (χ1n) is 17.1. The Morgan fingerprint density at radius 1 is 0.891 bits per heavy atom. The third kappa shape index (κ3) is 11.6. The molecule has 2 amide bonds. The lowest BCUT2D eigenvalue weighted by atomic mass is 9.93. The summed E-state index contributed by atoms with van der Waals surface area (Å²) in [5.41, 5.74) is 1.86. The molecule has 2 fully saturated rings. The molecule has 4 rings (SSSR count). The second-order valence-corrected chi connectivity index (χ2v) is 14.1. The Balaban J connectivity index is 1.02. The average molecular weight is 637 g/mol. The zero-order valence-corrected chi connectivity index (χ0v) is 28.8. The third-order valence-electron chi connectivity index (χ3n) is 9.00. The Labute approximate surface area is 276 Å². The Morgan fingerprint density at radius 3 is 2.20 bits per heavy atom. The second kappa shape index (κ2) is 17.1. The van der Waals surface area contributed by atoms with Gasteiger partial charge >= 0.3 is 12.2 Å². The highest BCUT2D eigenvalue weighted by Gasteiger charge is 2.34. The smallest absolute Gasteiger partial charge is 0.412 e. The van der Waals surface area contributed by atoms with Crippen molar-refractivity contribution in [2.75, 3.05) is 64.8 Å². The van der Waals surface area contributed by atoms with Crippen LogP contribution in [0.25, 0.3) is 11.1 Å². The van der Waals surface area contributed by atoms with Gasteiger partial charge in [0.1, 0.15) is 11.2 Å². The number of anilines is 1. The quantitative estimate of drug-likeness (QED) is 0.218. The van der Waals surface area contributed by atoms with Crippen LogP contribution in [0.1, 0.15) is 72.6 Å². The summed E-state index contributed by atoms with van der Waals surface area (Å²) in [6.45, 7) is 15.2. The number of para-hydroxylation sites is 1. The molecule has 0 spiro atoms. The van der Waals surface area contributed by atoms with E-state index in [1.54, 1.807) is 4.90 Å². The van der Waals surface area contributed by atoms with Crippen LogP contribution in [-0.2, 0) is 14.2 Å². The number of hydrogen-bond donors (Lipinski definition) is 1. The molecule has 2 aliphatic heterocycles. The summed E-state index contributed by atoms with van der Waals surface area (Å²) in [7, 11) is 1.85. The standard InChI is InChI=1S/C37H56N4O5/c1-36(2,3)46-35(43)39(5)31-19-24-41(29-31)23-12-14-28-44-27-13-11-22-40-25-20-37(4,21-26-40)45-34(42)38-33-18-10-9-17-32(33)30-15-7-6-8-16-30/h6-10,15-18,31H,11-14,19-29H2,1-5H3,(H,38,42). The lowest BCUT2D eigenvalue weighted by molar-refractivity contribution is -0.0166. The predicted octanol–water partition coefficient (Wildman–Crippen LogP) is 7.27. The first kappa shape index (κ1) is 35.7. The minimum atomic E-state index is -0.465. The van der Waals surface area contributed by atoms with Gasteiger partial charge < -0.3 is 28.9 Å². The number of carbonyl (C=O) groups is 2. The Morgan fingerprint density at radius 2 is 1.52 bits per heavy atom. The van der Waals surface area contributed by atoms with Gasteiger partial charge in [0.2, 0.25) is 0 Å². The van der Waals surface area contributed by atoms with Gasteiger partial charge in [-0.1, -0.05) is 48.5 Å². The third-order valence-corrected chi connectivity index (χ3v) is 9.00. The number of piperidine rings is 1. The van der Waals surface area contributed by atoms with Crippen molar-refractivity contribution in [1.29, 1.82) is 0 Å². The van der Waals surface area contributed by atoms with Gasteiger partial charge in [-0.3, -0.25) is 5.32 Å². The van der Waals surface area contributed by atoms with Crippen molar-refractivity contribution in [2.45, 2.75) is 89.9 Å². The first-order valence-corrected chi connectivity index (χ1v) is 17.1. The van der Waals surface area contributed by atoms with Gasteiger partial charge in [-0.15, -0.1) is 0 Å². The number of carbonyl (C=O) groups excluding carboxylic acids is 2. The molecule has 1 N–H and O–H groups in total. The van der Waals surface area contributed by atoms with Gasteiger partial charge in [0.15, 0.2) is 0 Å². The molecule has 0 bridgehead atoms. The number of likely N-dealkylation sites (N-methyl/N-ethyl adjacent to an activating group) is 1. The minimum absolute atomic E-state index is 0.222. The molecule has 0 aliphatic carbocycles. The summed E-state index contributed by atoms with van der Waals surface area (Å²) in [5.74, 6) is 0. The van der Waals surface area contributed by atoms with E-state index >= 15 is 0 Å². The van der Waals surface area contributed by atoms with Crippen LogP contribution in [0.15, 0.2) is 54.6 Å². The molecular weight excluding hydrogens is 580 g/mol. The van der Waals surface area contributed by atoms with E-state index < -0.39 is 17.3 Å². The zero-order valence-electron chi connectivity index (χ0n) is 28.8. The molecule has 2 heterocycles. The van der Waals surface area contributed by atoms with Crippen LogP contribution >= 0.6 is 0 Å². The summed E-state index contributed by atoms with van der Waals surface area (Å²) >= 11 is 0. The number of hydrogen-bond acceptors (Lipinski definition) is 7. The Bertz CT molecular complexity index is 1230. The van der Waals surface area contributed by atoms with E-state index in [-0.39, 0.29) is 12.1 Å². The SMILES string of the molecule is CN(C(=O)OC(C)(C)C)C1CCN(CCCCOCCCCN2CCC(C)(OC(=O)Nc3ccccc3-c3ccccc3)CC2)C1. The second-order valence-electron chi connectivity index (χ2n) is 14.1. The van der Waals surface area contributed by atoms with E-state index in [0.29, 0.717) is 0 Å². The lowest BCUT2D eigenvalue weighted by Gasteiger charge is -2.38. The van der Waals surface area contributed by atoms with Gasteiger partial charge in [0, 0.05) is 58.0 Å². The number of benzene rings is 2. The van der Waals surface area contributed by atoms with E-state index in [0.717, 1.165) is 114 Å². The fraction of sp³-hybridized carbons (Fsp3) is 0.622. The molecule has 1 unspecified atom stereocenters. The first-order chi connectivity index (χ1) is 22.0. The van der Waals surface area contributed by atoms with Crippen LogP contribution < -0.4 is 5.32 Å². The molecule has 0 radical (unpaired) electrons. The number of rotatable bonds is 14. The fourth-order valence-electron chi connectivity index (χ4n) is 6.17. The maximum atomic E-state index is 12.9. The van der Waals surface area contributed by atoms with Gasteiger partial charge in [-0.2, -0.15) is 0 Å². The number of nitrogens with zero attached hydrogens (tertiary/aromatic N) is 3. The summed E-state index contributed by atoms with van der Waals surface area (Å²) < 4.78 is 17.4. The normalized spacial score (nSPS) is 18.7. The predicted molar refractivity (Wildman–Crippen MR) is 184 cm³/mol. The van der Waals surface area contributed by atoms with Gasteiger partial charge in [0.05, 0.1) is 5.69 Å². The molecule has 1 atom stereocenters. The molecule has 2 aliphatic rings. The fourth-order valence-corrected chi connectivity index (χ4v) is 6.17. The highest BCUT2D eigenvalue weighted by molar-refractivity contribution is 5.91. The molecule has 254 valence electrons. The topological polar surface area (TPSA) is 83.6 Å². The monoisotopic (exact) mass is 636 g/mol. The number of likely N-dealkylation sites (tertiary alicyclic amines) is 2. The Kier molecular flexibility index (Phi) is 13.3. The van der Waals surface area contributed by atoms with Crippen LogP contribution in [0.4, 0.5) is 15.3 Å². The maximum Gasteiger partial charge on any atom is 0.412 e. The van der Waals surface area contributed by atoms with Crippen molar-refractivity contribution in [3.8, 4) is 11.1 Å². The van der Waals surface area contributed by atoms with E-state index in [1.807, 2.05) is 89.3 Å². The Hall–Kier alpha value is -3.14. The van der Waals surface area contributed by atoms with E-state index in [1.165, 1.54) is 0 Å². The maximum absolute atomic E-state index is 12.9. The molecule has 46 heavy (non-hydrogen) atoms. The molecular formula is C37H56N4O5. The molecule has 0 aromatic heterocycles. The molecule has 2 aromatic rings. The van der Waals surface area contributed by atoms with Gasteiger partial charge in [-0.05, 0) is 97.4 Å². The van der Waals surface area contributed by atoms with E-state index in [9.17, 15) is 9.59 Å². The molecule has 9 nitrogen and oxygen atoms in total. The number of ether oxygens (including phenoxy) is 3. The molecule has 9 heteroatoms. The minimum Gasteiger partial charge on any atom is -0.444 e. The van der Waals surface area contributed by atoms with E-state index in [2.05, 4.69) is 15.1 Å². The van der Waals surface area contributed by atoms with Crippen molar-refractivity contribution in [3.63, 3.8) is 0 Å².